The average Bonchev–Trinajstić information content (AvgIpc) is 2.72. The first kappa shape index (κ1) is 14.8. The predicted octanol–water partition coefficient (Wildman–Crippen LogP) is 3.74. The summed E-state index contributed by atoms with van der Waals surface area (Å²) in [5.41, 5.74) is 0.729. The molecule has 0 spiro atoms. The van der Waals surface area contributed by atoms with Crippen LogP contribution in [0, 0.1) is 0 Å². The number of rotatable bonds is 4. The lowest BCUT2D eigenvalue weighted by Crippen LogP contribution is -2.06. The van der Waals surface area contributed by atoms with E-state index < -0.39 is 0 Å². The predicted molar refractivity (Wildman–Crippen MR) is 86.8 cm³/mol. The second-order valence-electron chi connectivity index (χ2n) is 5.08. The number of aromatic nitrogens is 3. The fourth-order valence-electron chi connectivity index (χ4n) is 2.44. The van der Waals surface area contributed by atoms with Gasteiger partial charge in [0.15, 0.2) is 10.9 Å². The van der Waals surface area contributed by atoms with Gasteiger partial charge in [0.1, 0.15) is 5.82 Å². The Hall–Kier alpha value is -1.14. The van der Waals surface area contributed by atoms with Crippen LogP contribution < -0.4 is 0 Å². The molecule has 21 heavy (non-hydrogen) atoms. The Labute approximate surface area is 136 Å². The number of benzene rings is 1. The van der Waals surface area contributed by atoms with Crippen molar-refractivity contribution in [2.75, 3.05) is 5.75 Å². The van der Waals surface area contributed by atoms with Crippen molar-refractivity contribution in [2.24, 2.45) is 0 Å². The van der Waals surface area contributed by atoms with Gasteiger partial charge in [-0.05, 0) is 25.0 Å². The van der Waals surface area contributed by atoms with E-state index in [1.807, 2.05) is 24.3 Å². The van der Waals surface area contributed by atoms with E-state index in [1.54, 1.807) is 0 Å². The number of thioether (sulfide) groups is 1. The maximum absolute atomic E-state index is 12.2. The largest absolute Gasteiger partial charge is 0.306 e. The second kappa shape index (κ2) is 6.75. The first-order chi connectivity index (χ1) is 10.2. The van der Waals surface area contributed by atoms with Crippen LogP contribution in [0.25, 0.3) is 0 Å². The van der Waals surface area contributed by atoms with E-state index >= 15 is 0 Å². The van der Waals surface area contributed by atoms with E-state index in [9.17, 15) is 4.79 Å². The summed E-state index contributed by atoms with van der Waals surface area (Å²) in [7, 11) is 0. The third-order valence-corrected chi connectivity index (χ3v) is 5.01. The van der Waals surface area contributed by atoms with Gasteiger partial charge in [0.05, 0.1) is 5.75 Å². The number of carbonyl (C=O) groups is 1. The monoisotopic (exact) mass is 365 g/mol. The molecule has 1 aliphatic rings. The van der Waals surface area contributed by atoms with Gasteiger partial charge in [-0.2, -0.15) is 0 Å². The van der Waals surface area contributed by atoms with Gasteiger partial charge < -0.3 is 4.57 Å². The van der Waals surface area contributed by atoms with E-state index in [2.05, 4.69) is 30.7 Å². The topological polar surface area (TPSA) is 47.8 Å². The molecule has 0 aliphatic carbocycles. The van der Waals surface area contributed by atoms with Gasteiger partial charge in [-0.25, -0.2) is 0 Å². The van der Waals surface area contributed by atoms with Gasteiger partial charge >= 0.3 is 0 Å². The average molecular weight is 366 g/mol. The SMILES string of the molecule is O=C(CSc1nnc2n1CCCCC2)c1cccc(Br)c1. The molecule has 110 valence electrons. The molecule has 2 aromatic rings. The van der Waals surface area contributed by atoms with E-state index in [1.165, 1.54) is 24.6 Å². The van der Waals surface area contributed by atoms with Gasteiger partial charge in [0, 0.05) is 23.0 Å². The molecule has 0 saturated heterocycles. The van der Waals surface area contributed by atoms with Crippen LogP contribution in [0.15, 0.2) is 33.9 Å². The molecular weight excluding hydrogens is 350 g/mol. The number of halogens is 1. The van der Waals surface area contributed by atoms with E-state index in [4.69, 9.17) is 0 Å². The molecule has 1 aromatic carbocycles. The maximum atomic E-state index is 12.2. The summed E-state index contributed by atoms with van der Waals surface area (Å²) in [6.07, 6.45) is 4.58. The zero-order valence-electron chi connectivity index (χ0n) is 11.6. The van der Waals surface area contributed by atoms with Crippen LogP contribution in [0.5, 0.6) is 0 Å². The van der Waals surface area contributed by atoms with Crippen LogP contribution in [0.4, 0.5) is 0 Å². The van der Waals surface area contributed by atoms with Gasteiger partial charge in [-0.3, -0.25) is 4.79 Å². The molecule has 0 radical (unpaired) electrons. The maximum Gasteiger partial charge on any atom is 0.191 e. The molecule has 0 N–H and O–H groups in total. The van der Waals surface area contributed by atoms with Crippen LogP contribution in [0.1, 0.15) is 35.4 Å². The smallest absolute Gasteiger partial charge is 0.191 e. The molecule has 0 unspecified atom stereocenters. The first-order valence-corrected chi connectivity index (χ1v) is 8.85. The lowest BCUT2D eigenvalue weighted by atomic mass is 10.2. The Bertz CT molecular complexity index is 656. The van der Waals surface area contributed by atoms with Crippen molar-refractivity contribution in [2.45, 2.75) is 37.4 Å². The standard InChI is InChI=1S/C15H16BrN3OS/c16-12-6-4-5-11(9-12)13(20)10-21-15-18-17-14-7-2-1-3-8-19(14)15/h4-6,9H,1-3,7-8,10H2. The lowest BCUT2D eigenvalue weighted by molar-refractivity contribution is 0.102. The fraction of sp³-hybridized carbons (Fsp3) is 0.400. The van der Waals surface area contributed by atoms with Gasteiger partial charge in [0.25, 0.3) is 0 Å². The highest BCUT2D eigenvalue weighted by Gasteiger charge is 2.16. The third-order valence-electron chi connectivity index (χ3n) is 3.55. The number of hydrogen-bond donors (Lipinski definition) is 0. The summed E-state index contributed by atoms with van der Waals surface area (Å²) in [5.74, 6) is 1.58. The van der Waals surface area contributed by atoms with Crippen LogP contribution in [0.3, 0.4) is 0 Å². The van der Waals surface area contributed by atoms with Crippen molar-refractivity contribution in [1.29, 1.82) is 0 Å². The van der Waals surface area contributed by atoms with Gasteiger partial charge in [-0.15, -0.1) is 10.2 Å². The number of Topliss-reactive ketones (excluding diaryl/α,β-unsaturated/α-hetero) is 1. The van der Waals surface area contributed by atoms with Crippen molar-refractivity contribution in [3.8, 4) is 0 Å². The summed E-state index contributed by atoms with van der Waals surface area (Å²) >= 11 is 4.88. The van der Waals surface area contributed by atoms with Crippen LogP contribution in [-0.2, 0) is 13.0 Å². The third kappa shape index (κ3) is 3.55. The molecule has 3 rings (SSSR count). The number of carbonyl (C=O) groups excluding carboxylic acids is 1. The Morgan fingerprint density at radius 2 is 2.19 bits per heavy atom. The quantitative estimate of drug-likeness (QED) is 0.611. The highest BCUT2D eigenvalue weighted by molar-refractivity contribution is 9.10. The van der Waals surface area contributed by atoms with Crippen LogP contribution in [0.2, 0.25) is 0 Å². The van der Waals surface area contributed by atoms with Crippen LogP contribution >= 0.6 is 27.7 Å². The first-order valence-electron chi connectivity index (χ1n) is 7.08. The van der Waals surface area contributed by atoms with Crippen LogP contribution in [-0.4, -0.2) is 26.3 Å². The Kier molecular flexibility index (Phi) is 4.75. The molecule has 1 aromatic heterocycles. The molecule has 0 atom stereocenters. The molecule has 0 bridgehead atoms. The minimum Gasteiger partial charge on any atom is -0.306 e. The van der Waals surface area contributed by atoms with Crippen molar-refractivity contribution in [1.82, 2.24) is 14.8 Å². The summed E-state index contributed by atoms with van der Waals surface area (Å²) in [6.45, 7) is 0.968. The summed E-state index contributed by atoms with van der Waals surface area (Å²) in [6, 6.07) is 7.50. The normalized spacial score (nSPS) is 14.5. The molecule has 2 heterocycles. The number of hydrogen-bond acceptors (Lipinski definition) is 4. The number of nitrogens with zero attached hydrogens (tertiary/aromatic N) is 3. The van der Waals surface area contributed by atoms with E-state index in [-0.39, 0.29) is 5.78 Å². The van der Waals surface area contributed by atoms with Crippen molar-refractivity contribution < 1.29 is 4.79 Å². The minimum atomic E-state index is 0.118. The van der Waals surface area contributed by atoms with Crippen molar-refractivity contribution >= 4 is 33.5 Å². The van der Waals surface area contributed by atoms with Crippen molar-refractivity contribution in [3.05, 3.63) is 40.1 Å². The second-order valence-corrected chi connectivity index (χ2v) is 6.94. The zero-order chi connectivity index (χ0) is 14.7. The minimum absolute atomic E-state index is 0.118. The highest BCUT2D eigenvalue weighted by Crippen LogP contribution is 2.23. The zero-order valence-corrected chi connectivity index (χ0v) is 14.0. The fourth-order valence-corrected chi connectivity index (χ4v) is 3.72. The summed E-state index contributed by atoms with van der Waals surface area (Å²) in [4.78, 5) is 12.2. The Morgan fingerprint density at radius 3 is 3.05 bits per heavy atom. The molecule has 1 aliphatic heterocycles. The molecule has 0 fully saturated rings. The van der Waals surface area contributed by atoms with E-state index in [0.717, 1.165) is 40.4 Å². The van der Waals surface area contributed by atoms with E-state index in [0.29, 0.717) is 5.75 Å². The van der Waals surface area contributed by atoms with Gasteiger partial charge in [0.2, 0.25) is 0 Å². The Morgan fingerprint density at radius 1 is 1.29 bits per heavy atom. The summed E-state index contributed by atoms with van der Waals surface area (Å²) in [5, 5.41) is 9.36. The number of ketones is 1. The lowest BCUT2D eigenvalue weighted by Gasteiger charge is -2.06. The number of aryl methyl sites for hydroxylation is 1. The molecule has 6 heteroatoms. The molecule has 4 nitrogen and oxygen atoms in total. The number of fused-ring (bicyclic) bond motifs is 1. The van der Waals surface area contributed by atoms with Gasteiger partial charge in [-0.1, -0.05) is 46.2 Å². The Balaban J connectivity index is 1.68. The molecule has 0 saturated carbocycles. The van der Waals surface area contributed by atoms with Crippen molar-refractivity contribution in [3.63, 3.8) is 0 Å². The highest BCUT2D eigenvalue weighted by atomic mass is 79.9. The molecule has 0 amide bonds. The molecular formula is C15H16BrN3OS. The summed E-state index contributed by atoms with van der Waals surface area (Å²) < 4.78 is 3.10.